The minimum absolute atomic E-state index is 0.201. The molecule has 246 valence electrons. The van der Waals surface area contributed by atoms with Crippen LogP contribution >= 0.6 is 23.2 Å². The molecule has 2 aliphatic carbocycles. The van der Waals surface area contributed by atoms with Crippen molar-refractivity contribution in [1.29, 1.82) is 0 Å². The van der Waals surface area contributed by atoms with Crippen LogP contribution in [0.4, 0.5) is 5.69 Å². The van der Waals surface area contributed by atoms with Crippen LogP contribution in [0.15, 0.2) is 164 Å². The third-order valence-corrected chi connectivity index (χ3v) is 11.5. The van der Waals surface area contributed by atoms with E-state index in [2.05, 4.69) is 0 Å². The van der Waals surface area contributed by atoms with Crippen molar-refractivity contribution in [2.24, 2.45) is 11.8 Å². The number of anilines is 1. The van der Waals surface area contributed by atoms with Crippen molar-refractivity contribution >= 4 is 57.6 Å². The lowest BCUT2D eigenvalue weighted by Crippen LogP contribution is -2.45. The number of carbonyl (C=O) groups is 3. The Bertz CT molecular complexity index is 2250. The fraction of sp³-hybridized carbons (Fsp3) is 0.0889. The van der Waals surface area contributed by atoms with E-state index in [0.717, 1.165) is 33.4 Å². The molecule has 9 rings (SSSR count). The van der Waals surface area contributed by atoms with Gasteiger partial charge in [-0.25, -0.2) is 4.90 Å². The molecule has 51 heavy (non-hydrogen) atoms. The van der Waals surface area contributed by atoms with Gasteiger partial charge in [-0.15, -0.1) is 0 Å². The minimum atomic E-state index is -1.52. The number of fused-ring (bicyclic) bond motifs is 5. The van der Waals surface area contributed by atoms with E-state index in [-0.39, 0.29) is 5.78 Å². The summed E-state index contributed by atoms with van der Waals surface area (Å²) in [5, 5.41) is 1.00. The molecule has 6 aromatic rings. The molecule has 2 bridgehead atoms. The third-order valence-electron chi connectivity index (χ3n) is 11.0. The van der Waals surface area contributed by atoms with Gasteiger partial charge in [-0.2, -0.15) is 0 Å². The number of hydrogen-bond acceptors (Lipinski definition) is 3. The molecule has 4 atom stereocenters. The lowest BCUT2D eigenvalue weighted by molar-refractivity contribution is -0.130. The topological polar surface area (TPSA) is 54.5 Å². The quantitative estimate of drug-likeness (QED) is 0.163. The highest BCUT2D eigenvalue weighted by atomic mass is 35.5. The molecule has 1 heterocycles. The Hall–Kier alpha value is -5.55. The Morgan fingerprint density at radius 2 is 0.765 bits per heavy atom. The van der Waals surface area contributed by atoms with Gasteiger partial charge in [0.05, 0.1) is 28.4 Å². The molecule has 1 aliphatic heterocycles. The van der Waals surface area contributed by atoms with Gasteiger partial charge in [-0.1, -0.05) is 151 Å². The molecule has 1 saturated heterocycles. The Labute approximate surface area is 305 Å². The molecule has 2 fully saturated rings. The summed E-state index contributed by atoms with van der Waals surface area (Å²) in [5.74, 6) is -3.08. The first-order chi connectivity index (χ1) is 24.9. The van der Waals surface area contributed by atoms with Gasteiger partial charge >= 0.3 is 0 Å². The summed E-state index contributed by atoms with van der Waals surface area (Å²) in [4.78, 5) is 47.9. The summed E-state index contributed by atoms with van der Waals surface area (Å²) < 4.78 is 0. The minimum Gasteiger partial charge on any atom is -0.297 e. The molecule has 3 aliphatic rings. The second-order valence-electron chi connectivity index (χ2n) is 13.3. The van der Waals surface area contributed by atoms with Crippen LogP contribution in [0.3, 0.4) is 0 Å². The van der Waals surface area contributed by atoms with E-state index in [1.165, 1.54) is 4.90 Å². The highest BCUT2D eigenvalue weighted by Crippen LogP contribution is 2.74. The maximum Gasteiger partial charge on any atom is 0.239 e. The van der Waals surface area contributed by atoms with E-state index in [1.54, 1.807) is 24.3 Å². The number of allylic oxidation sites excluding steroid dienone is 2. The van der Waals surface area contributed by atoms with Crippen molar-refractivity contribution in [3.8, 4) is 11.1 Å². The number of Topliss-reactive ketones (excluding diaryl/α,β-unsaturated/α-hetero) is 1. The predicted octanol–water partition coefficient (Wildman–Crippen LogP) is 9.85. The van der Waals surface area contributed by atoms with Crippen LogP contribution < -0.4 is 4.90 Å². The molecular weight excluding hydrogens is 673 g/mol. The zero-order chi connectivity index (χ0) is 34.9. The zero-order valence-electron chi connectivity index (χ0n) is 27.2. The van der Waals surface area contributed by atoms with Crippen molar-refractivity contribution < 1.29 is 14.4 Å². The summed E-state index contributed by atoms with van der Waals surface area (Å²) in [6, 6.07) is 51.3. The number of halogens is 2. The van der Waals surface area contributed by atoms with Gasteiger partial charge in [0.25, 0.3) is 0 Å². The summed E-state index contributed by atoms with van der Waals surface area (Å²) in [7, 11) is 0. The third kappa shape index (κ3) is 4.30. The van der Waals surface area contributed by atoms with Crippen LogP contribution in [0.2, 0.25) is 10.0 Å². The first-order valence-electron chi connectivity index (χ1n) is 16.8. The highest BCUT2D eigenvalue weighted by Gasteiger charge is 2.82. The molecule has 0 N–H and O–H groups in total. The molecule has 1 saturated carbocycles. The maximum absolute atomic E-state index is 16.1. The highest BCUT2D eigenvalue weighted by molar-refractivity contribution is 6.39. The number of imide groups is 1. The number of ketones is 1. The van der Waals surface area contributed by atoms with Crippen molar-refractivity contribution in [3.05, 3.63) is 196 Å². The summed E-state index contributed by atoms with van der Waals surface area (Å²) in [5.41, 5.74) is 3.70. The van der Waals surface area contributed by atoms with Gasteiger partial charge in [0.15, 0.2) is 5.78 Å². The molecule has 0 unspecified atom stereocenters. The van der Waals surface area contributed by atoms with Gasteiger partial charge in [-0.05, 0) is 80.9 Å². The number of rotatable bonds is 6. The first kappa shape index (κ1) is 31.4. The van der Waals surface area contributed by atoms with Crippen LogP contribution in [0.25, 0.3) is 22.3 Å². The first-order valence-corrected chi connectivity index (χ1v) is 17.6. The van der Waals surface area contributed by atoms with Crippen LogP contribution in [0, 0.1) is 11.8 Å². The average molecular weight is 703 g/mol. The van der Waals surface area contributed by atoms with Crippen LogP contribution in [0.5, 0.6) is 0 Å². The molecule has 4 nitrogen and oxygen atoms in total. The van der Waals surface area contributed by atoms with E-state index in [0.29, 0.717) is 26.9 Å². The smallest absolute Gasteiger partial charge is 0.239 e. The van der Waals surface area contributed by atoms with Gasteiger partial charge in [0.1, 0.15) is 0 Å². The lowest BCUT2D eigenvalue weighted by atomic mass is 9.59. The van der Waals surface area contributed by atoms with Crippen molar-refractivity contribution in [1.82, 2.24) is 0 Å². The molecule has 6 aromatic carbocycles. The summed E-state index contributed by atoms with van der Waals surface area (Å²) in [6.07, 6.45) is 0. The molecule has 0 radical (unpaired) electrons. The largest absolute Gasteiger partial charge is 0.297 e. The van der Waals surface area contributed by atoms with Crippen molar-refractivity contribution in [2.75, 3.05) is 4.90 Å². The molecule has 2 amide bonds. The fourth-order valence-corrected chi connectivity index (χ4v) is 9.30. The summed E-state index contributed by atoms with van der Waals surface area (Å²) in [6.45, 7) is 0. The van der Waals surface area contributed by atoms with Gasteiger partial charge < -0.3 is 0 Å². The molecule has 0 aromatic heterocycles. The molecular formula is C45H29Cl2NO3. The standard InChI is InChI=1S/C45H29Cl2NO3/c46-34-22-18-32(19-23-34)44-37(30-12-6-2-7-13-30)38(31-14-8-3-9-15-31)45(43(44)51,33-20-24-35(47)25-21-33)40-39(44)41(49)48(42(40)50)36-26-16-29(17-27-36)28-10-4-1-5-11-28/h1-27,39-40H/t39-,40+,44-,45-/m0/s1. The molecule has 6 heteroatoms. The van der Waals surface area contributed by atoms with Crippen molar-refractivity contribution in [3.63, 3.8) is 0 Å². The Kier molecular flexibility index (Phi) is 7.25. The number of nitrogens with zero attached hydrogens (tertiary/aromatic N) is 1. The van der Waals surface area contributed by atoms with Gasteiger partial charge in [-0.3, -0.25) is 14.4 Å². The van der Waals surface area contributed by atoms with E-state index in [1.807, 2.05) is 140 Å². The Morgan fingerprint density at radius 3 is 1.16 bits per heavy atom. The maximum atomic E-state index is 16.1. The Morgan fingerprint density at radius 1 is 0.412 bits per heavy atom. The monoisotopic (exact) mass is 701 g/mol. The number of hydrogen-bond donors (Lipinski definition) is 0. The van der Waals surface area contributed by atoms with Crippen LogP contribution in [-0.4, -0.2) is 17.6 Å². The van der Waals surface area contributed by atoms with Crippen LogP contribution in [-0.2, 0) is 25.2 Å². The van der Waals surface area contributed by atoms with E-state index >= 15 is 14.4 Å². The molecule has 0 spiro atoms. The second kappa shape index (κ2) is 11.8. The van der Waals surface area contributed by atoms with E-state index in [9.17, 15) is 0 Å². The number of amides is 2. The normalized spacial score (nSPS) is 23.6. The lowest BCUT2D eigenvalue weighted by Gasteiger charge is -2.39. The SMILES string of the molecule is O=C1[C@@H]2[C@H](C(=O)N1c1ccc(-c3ccccc3)cc1)[C@@]1(c3ccc(Cl)cc3)C(=O)[C@@]2(c2ccc(Cl)cc2)C(c2ccccc2)=C1c1ccccc1. The summed E-state index contributed by atoms with van der Waals surface area (Å²) >= 11 is 12.9. The van der Waals surface area contributed by atoms with Crippen molar-refractivity contribution in [2.45, 2.75) is 10.8 Å². The zero-order valence-corrected chi connectivity index (χ0v) is 28.7. The number of benzene rings is 6. The van der Waals surface area contributed by atoms with Crippen LogP contribution in [0.1, 0.15) is 22.3 Å². The van der Waals surface area contributed by atoms with Gasteiger partial charge in [0.2, 0.25) is 11.8 Å². The van der Waals surface area contributed by atoms with E-state index in [4.69, 9.17) is 23.2 Å². The van der Waals surface area contributed by atoms with Gasteiger partial charge in [0, 0.05) is 10.0 Å². The Balaban J connectivity index is 1.37. The fourth-order valence-electron chi connectivity index (χ4n) is 9.05. The predicted molar refractivity (Wildman–Crippen MR) is 202 cm³/mol. The number of carbonyl (C=O) groups excluding carboxylic acids is 3. The average Bonchev–Trinajstić information content (AvgIpc) is 3.68. The van der Waals surface area contributed by atoms with E-state index < -0.39 is 34.5 Å². The second-order valence-corrected chi connectivity index (χ2v) is 14.2.